The number of pyridine rings is 1. The Hall–Kier alpha value is -1.71. The van der Waals surface area contributed by atoms with Crippen LogP contribution in [0.1, 0.15) is 19.8 Å². The van der Waals surface area contributed by atoms with Gasteiger partial charge in [-0.25, -0.2) is 9.97 Å². The summed E-state index contributed by atoms with van der Waals surface area (Å²) in [6.07, 6.45) is 7.44. The highest BCUT2D eigenvalue weighted by molar-refractivity contribution is 5.84. The topological polar surface area (TPSA) is 50.7 Å². The zero-order valence-corrected chi connectivity index (χ0v) is 8.77. The Labute approximate surface area is 88.8 Å². The summed E-state index contributed by atoms with van der Waals surface area (Å²) in [6, 6.07) is 1.87. The van der Waals surface area contributed by atoms with E-state index in [0.29, 0.717) is 0 Å². The standard InChI is InChI=1S/C11H14N4/c1-2-3-5-14-11-10-9(4-6-15-11)12-7-8-13-10/h4,6-8H,2-3,5H2,1H3,(H,14,15). The van der Waals surface area contributed by atoms with E-state index in [4.69, 9.17) is 0 Å². The molecule has 2 heterocycles. The van der Waals surface area contributed by atoms with Crippen molar-refractivity contribution < 1.29 is 0 Å². The monoisotopic (exact) mass is 202 g/mol. The van der Waals surface area contributed by atoms with Crippen molar-refractivity contribution in [1.82, 2.24) is 15.0 Å². The first-order valence-electron chi connectivity index (χ1n) is 5.21. The second kappa shape index (κ2) is 4.68. The van der Waals surface area contributed by atoms with E-state index >= 15 is 0 Å². The molecule has 0 bridgehead atoms. The second-order valence-corrected chi connectivity index (χ2v) is 3.36. The van der Waals surface area contributed by atoms with E-state index in [1.807, 2.05) is 6.07 Å². The highest BCUT2D eigenvalue weighted by Crippen LogP contribution is 2.15. The van der Waals surface area contributed by atoms with Crippen molar-refractivity contribution in [1.29, 1.82) is 0 Å². The van der Waals surface area contributed by atoms with Crippen LogP contribution in [0.25, 0.3) is 11.0 Å². The van der Waals surface area contributed by atoms with Crippen molar-refractivity contribution in [2.75, 3.05) is 11.9 Å². The Morgan fingerprint density at radius 3 is 2.87 bits per heavy atom. The maximum absolute atomic E-state index is 4.27. The Morgan fingerprint density at radius 1 is 1.13 bits per heavy atom. The molecule has 0 atom stereocenters. The number of hydrogen-bond donors (Lipinski definition) is 1. The van der Waals surface area contributed by atoms with Gasteiger partial charge in [-0.3, -0.25) is 4.98 Å². The van der Waals surface area contributed by atoms with Gasteiger partial charge in [0, 0.05) is 25.1 Å². The minimum Gasteiger partial charge on any atom is -0.368 e. The van der Waals surface area contributed by atoms with E-state index in [1.54, 1.807) is 18.6 Å². The first-order valence-corrected chi connectivity index (χ1v) is 5.21. The summed E-state index contributed by atoms with van der Waals surface area (Å²) in [5.74, 6) is 0.828. The van der Waals surface area contributed by atoms with Crippen LogP contribution in [-0.2, 0) is 0 Å². The normalized spacial score (nSPS) is 10.5. The van der Waals surface area contributed by atoms with Crippen LogP contribution < -0.4 is 5.32 Å². The van der Waals surface area contributed by atoms with Crippen LogP contribution in [0.4, 0.5) is 5.82 Å². The molecule has 78 valence electrons. The number of hydrogen-bond acceptors (Lipinski definition) is 4. The summed E-state index contributed by atoms with van der Waals surface area (Å²) in [6.45, 7) is 3.09. The van der Waals surface area contributed by atoms with E-state index in [-0.39, 0.29) is 0 Å². The quantitative estimate of drug-likeness (QED) is 0.772. The maximum Gasteiger partial charge on any atom is 0.154 e. The van der Waals surface area contributed by atoms with Gasteiger partial charge in [-0.2, -0.15) is 0 Å². The molecule has 0 unspecified atom stereocenters. The smallest absolute Gasteiger partial charge is 0.154 e. The third-order valence-corrected chi connectivity index (χ3v) is 2.21. The van der Waals surface area contributed by atoms with E-state index in [0.717, 1.165) is 29.8 Å². The molecule has 0 fully saturated rings. The lowest BCUT2D eigenvalue weighted by atomic mass is 10.3. The highest BCUT2D eigenvalue weighted by atomic mass is 15.0. The zero-order chi connectivity index (χ0) is 10.5. The predicted molar refractivity (Wildman–Crippen MR) is 60.7 cm³/mol. The van der Waals surface area contributed by atoms with Crippen LogP contribution in [0.15, 0.2) is 24.7 Å². The molecule has 1 N–H and O–H groups in total. The van der Waals surface area contributed by atoms with Gasteiger partial charge in [-0.05, 0) is 12.5 Å². The fourth-order valence-corrected chi connectivity index (χ4v) is 1.41. The molecule has 0 aliphatic carbocycles. The van der Waals surface area contributed by atoms with Gasteiger partial charge in [-0.1, -0.05) is 13.3 Å². The van der Waals surface area contributed by atoms with E-state index in [9.17, 15) is 0 Å². The van der Waals surface area contributed by atoms with Crippen LogP contribution in [0.5, 0.6) is 0 Å². The molecule has 0 aromatic carbocycles. The molecule has 2 rings (SSSR count). The van der Waals surface area contributed by atoms with Gasteiger partial charge in [-0.15, -0.1) is 0 Å². The first-order chi connectivity index (χ1) is 7.42. The van der Waals surface area contributed by atoms with Crippen LogP contribution in [-0.4, -0.2) is 21.5 Å². The average molecular weight is 202 g/mol. The van der Waals surface area contributed by atoms with Crippen LogP contribution in [0.3, 0.4) is 0 Å². The molecule has 2 aromatic heterocycles. The van der Waals surface area contributed by atoms with Gasteiger partial charge in [0.1, 0.15) is 5.52 Å². The lowest BCUT2D eigenvalue weighted by molar-refractivity contribution is 0.831. The first kappa shape index (κ1) is 9.83. The largest absolute Gasteiger partial charge is 0.368 e. The minimum atomic E-state index is 0.828. The van der Waals surface area contributed by atoms with Crippen LogP contribution in [0.2, 0.25) is 0 Å². The third-order valence-electron chi connectivity index (χ3n) is 2.21. The average Bonchev–Trinajstić information content (AvgIpc) is 2.30. The molecule has 0 spiro atoms. The number of nitrogens with zero attached hydrogens (tertiary/aromatic N) is 3. The Balaban J connectivity index is 2.26. The van der Waals surface area contributed by atoms with Gasteiger partial charge in [0.2, 0.25) is 0 Å². The number of anilines is 1. The zero-order valence-electron chi connectivity index (χ0n) is 8.77. The Morgan fingerprint density at radius 2 is 2.00 bits per heavy atom. The SMILES string of the molecule is CCCCNc1nccc2nccnc12. The van der Waals surface area contributed by atoms with Crippen molar-refractivity contribution in [2.24, 2.45) is 0 Å². The lowest BCUT2D eigenvalue weighted by Crippen LogP contribution is -2.04. The summed E-state index contributed by atoms with van der Waals surface area (Å²) >= 11 is 0. The molecule has 0 saturated heterocycles. The van der Waals surface area contributed by atoms with Gasteiger partial charge in [0.15, 0.2) is 5.82 Å². The molecule has 2 aromatic rings. The number of nitrogens with one attached hydrogen (secondary N) is 1. The molecule has 0 aliphatic rings. The molecule has 4 nitrogen and oxygen atoms in total. The molecular formula is C11H14N4. The Kier molecular flexibility index (Phi) is 3.07. The van der Waals surface area contributed by atoms with Crippen LogP contribution >= 0.6 is 0 Å². The van der Waals surface area contributed by atoms with Gasteiger partial charge in [0.05, 0.1) is 5.52 Å². The van der Waals surface area contributed by atoms with Crippen molar-refractivity contribution in [3.63, 3.8) is 0 Å². The molecular weight excluding hydrogens is 188 g/mol. The third kappa shape index (κ3) is 2.21. The number of rotatable bonds is 4. The van der Waals surface area contributed by atoms with Crippen molar-refractivity contribution in [3.8, 4) is 0 Å². The number of unbranched alkanes of at least 4 members (excludes halogenated alkanes) is 1. The molecule has 15 heavy (non-hydrogen) atoms. The molecule has 0 saturated carbocycles. The van der Waals surface area contributed by atoms with Crippen molar-refractivity contribution in [2.45, 2.75) is 19.8 Å². The van der Waals surface area contributed by atoms with Gasteiger partial charge in [0.25, 0.3) is 0 Å². The summed E-state index contributed by atoms with van der Waals surface area (Å²) < 4.78 is 0. The second-order valence-electron chi connectivity index (χ2n) is 3.36. The van der Waals surface area contributed by atoms with Gasteiger partial charge >= 0.3 is 0 Å². The fraction of sp³-hybridized carbons (Fsp3) is 0.364. The van der Waals surface area contributed by atoms with Gasteiger partial charge < -0.3 is 5.32 Å². The molecule has 0 aliphatic heterocycles. The van der Waals surface area contributed by atoms with Crippen molar-refractivity contribution >= 4 is 16.9 Å². The van der Waals surface area contributed by atoms with E-state index < -0.39 is 0 Å². The van der Waals surface area contributed by atoms with E-state index in [2.05, 4.69) is 27.2 Å². The Bertz CT molecular complexity index is 436. The number of fused-ring (bicyclic) bond motifs is 1. The summed E-state index contributed by atoms with van der Waals surface area (Å²) in [4.78, 5) is 12.8. The lowest BCUT2D eigenvalue weighted by Gasteiger charge is -2.06. The summed E-state index contributed by atoms with van der Waals surface area (Å²) in [7, 11) is 0. The van der Waals surface area contributed by atoms with Crippen LogP contribution in [0, 0.1) is 0 Å². The summed E-state index contributed by atoms with van der Waals surface area (Å²) in [5, 5.41) is 3.27. The highest BCUT2D eigenvalue weighted by Gasteiger charge is 2.02. The summed E-state index contributed by atoms with van der Waals surface area (Å²) in [5.41, 5.74) is 1.72. The molecule has 0 radical (unpaired) electrons. The molecule has 0 amide bonds. The molecule has 4 heteroatoms. The minimum absolute atomic E-state index is 0.828. The number of aromatic nitrogens is 3. The predicted octanol–water partition coefficient (Wildman–Crippen LogP) is 2.24. The van der Waals surface area contributed by atoms with E-state index in [1.165, 1.54) is 6.42 Å². The van der Waals surface area contributed by atoms with Crippen molar-refractivity contribution in [3.05, 3.63) is 24.7 Å². The fourth-order valence-electron chi connectivity index (χ4n) is 1.41. The maximum atomic E-state index is 4.27.